The largest absolute Gasteiger partial charge is 0.309 e. The molecular weight excluding hydrogens is 391 g/mol. The van der Waals surface area contributed by atoms with Gasteiger partial charge in [0.2, 0.25) is 5.91 Å². The van der Waals surface area contributed by atoms with Crippen molar-refractivity contribution in [3.63, 3.8) is 0 Å². The van der Waals surface area contributed by atoms with Crippen molar-refractivity contribution in [3.8, 4) is 0 Å². The smallest absolute Gasteiger partial charge is 0.261 e. The summed E-state index contributed by atoms with van der Waals surface area (Å²) in [6.07, 6.45) is 0.956. The van der Waals surface area contributed by atoms with Gasteiger partial charge in [-0.25, -0.2) is 4.39 Å². The van der Waals surface area contributed by atoms with Crippen LogP contribution in [0.1, 0.15) is 48.7 Å². The van der Waals surface area contributed by atoms with Crippen LogP contribution < -0.4 is 9.80 Å². The fourth-order valence-corrected chi connectivity index (χ4v) is 4.37. The fraction of sp³-hybridized carbons (Fsp3) is 0.231. The minimum Gasteiger partial charge on any atom is -0.309 e. The summed E-state index contributed by atoms with van der Waals surface area (Å²) in [6, 6.07) is 22.6. The van der Waals surface area contributed by atoms with Crippen molar-refractivity contribution in [1.29, 1.82) is 0 Å². The van der Waals surface area contributed by atoms with Crippen molar-refractivity contribution in [3.05, 3.63) is 95.8 Å². The number of para-hydroxylation sites is 2. The topological polar surface area (TPSA) is 40.6 Å². The van der Waals surface area contributed by atoms with Crippen LogP contribution in [0.3, 0.4) is 0 Å². The summed E-state index contributed by atoms with van der Waals surface area (Å²) in [4.78, 5) is 29.8. The van der Waals surface area contributed by atoms with Gasteiger partial charge < -0.3 is 9.80 Å². The van der Waals surface area contributed by atoms with Crippen molar-refractivity contribution < 1.29 is 14.0 Å². The number of carbonyl (C=O) groups excluding carboxylic acids is 2. The van der Waals surface area contributed by atoms with Gasteiger partial charge in [-0.05, 0) is 49.2 Å². The summed E-state index contributed by atoms with van der Waals surface area (Å²) in [5.41, 5.74) is 2.41. The van der Waals surface area contributed by atoms with E-state index in [2.05, 4.69) is 0 Å². The van der Waals surface area contributed by atoms with Gasteiger partial charge in [0.1, 0.15) is 5.82 Å². The summed E-state index contributed by atoms with van der Waals surface area (Å²) < 4.78 is 14.6. The Morgan fingerprint density at radius 1 is 0.968 bits per heavy atom. The number of fused-ring (bicyclic) bond motifs is 1. The number of hydrogen-bond acceptors (Lipinski definition) is 2. The zero-order chi connectivity index (χ0) is 22.0. The second kappa shape index (κ2) is 8.72. The highest BCUT2D eigenvalue weighted by Crippen LogP contribution is 2.43. The maximum absolute atomic E-state index is 14.6. The molecule has 0 saturated carbocycles. The zero-order valence-electron chi connectivity index (χ0n) is 17.7. The second-order valence-electron chi connectivity index (χ2n) is 7.77. The third kappa shape index (κ3) is 3.83. The molecule has 1 heterocycles. The highest BCUT2D eigenvalue weighted by molar-refractivity contribution is 6.07. The van der Waals surface area contributed by atoms with Gasteiger partial charge in [-0.2, -0.15) is 0 Å². The first-order chi connectivity index (χ1) is 15.0. The molecule has 4 nitrogen and oxygen atoms in total. The summed E-state index contributed by atoms with van der Waals surface area (Å²) >= 11 is 0. The predicted molar refractivity (Wildman–Crippen MR) is 121 cm³/mol. The first-order valence-electron chi connectivity index (χ1n) is 10.6. The van der Waals surface area contributed by atoms with E-state index in [0.717, 1.165) is 11.3 Å². The van der Waals surface area contributed by atoms with Crippen molar-refractivity contribution in [2.75, 3.05) is 9.80 Å². The lowest BCUT2D eigenvalue weighted by Gasteiger charge is -2.43. The van der Waals surface area contributed by atoms with E-state index < -0.39 is 11.7 Å². The van der Waals surface area contributed by atoms with Crippen molar-refractivity contribution >= 4 is 23.2 Å². The molecule has 0 N–H and O–H groups in total. The molecule has 31 heavy (non-hydrogen) atoms. The van der Waals surface area contributed by atoms with E-state index in [-0.39, 0.29) is 23.6 Å². The van der Waals surface area contributed by atoms with Crippen LogP contribution in [0.15, 0.2) is 78.9 Å². The van der Waals surface area contributed by atoms with Crippen molar-refractivity contribution in [2.24, 2.45) is 0 Å². The fourth-order valence-electron chi connectivity index (χ4n) is 4.37. The average molecular weight is 416 g/mol. The first-order valence-corrected chi connectivity index (χ1v) is 10.6. The van der Waals surface area contributed by atoms with Crippen molar-refractivity contribution in [2.45, 2.75) is 38.8 Å². The lowest BCUT2D eigenvalue weighted by atomic mass is 9.89. The Balaban J connectivity index is 1.87. The molecule has 3 aromatic carbocycles. The molecular formula is C26H25FN2O2. The lowest BCUT2D eigenvalue weighted by molar-refractivity contribution is -0.118. The van der Waals surface area contributed by atoms with Crippen LogP contribution in [0.4, 0.5) is 15.8 Å². The number of carbonyl (C=O) groups is 2. The van der Waals surface area contributed by atoms with E-state index in [1.54, 1.807) is 17.0 Å². The second-order valence-corrected chi connectivity index (χ2v) is 7.77. The van der Waals surface area contributed by atoms with Crippen LogP contribution in [-0.4, -0.2) is 17.9 Å². The van der Waals surface area contributed by atoms with E-state index in [1.807, 2.05) is 73.3 Å². The van der Waals surface area contributed by atoms with Gasteiger partial charge in [0, 0.05) is 23.8 Å². The minimum absolute atomic E-state index is 0.0311. The van der Waals surface area contributed by atoms with Gasteiger partial charge in [-0.3, -0.25) is 9.59 Å². The van der Waals surface area contributed by atoms with Gasteiger partial charge in [0.15, 0.2) is 0 Å². The molecule has 0 saturated heterocycles. The van der Waals surface area contributed by atoms with Crippen LogP contribution in [0.5, 0.6) is 0 Å². The molecule has 4 rings (SSSR count). The molecule has 0 aromatic heterocycles. The molecule has 158 valence electrons. The van der Waals surface area contributed by atoms with Gasteiger partial charge in [-0.15, -0.1) is 0 Å². The number of hydrogen-bond donors (Lipinski definition) is 0. The summed E-state index contributed by atoms with van der Waals surface area (Å²) in [7, 11) is 0. The summed E-state index contributed by atoms with van der Waals surface area (Å²) in [5.74, 6) is -0.898. The standard InChI is InChI=1S/C26H25FN2O2/c1-3-25(30)28-18(2)17-24(21-14-8-10-16-23(21)28)29(19-11-5-4-6-12-19)26(31)20-13-7-9-15-22(20)27/h4-16,18,24H,3,17H2,1-2H3/t18-,24+/m0/s1. The van der Waals surface area contributed by atoms with E-state index >= 15 is 0 Å². The SMILES string of the molecule is CCC(=O)N1c2ccccc2[C@H](N(C(=O)c2ccccc2F)c2ccccc2)C[C@@H]1C. The minimum atomic E-state index is -0.548. The first kappa shape index (κ1) is 20.8. The molecule has 1 aliphatic heterocycles. The highest BCUT2D eigenvalue weighted by atomic mass is 19.1. The number of rotatable bonds is 4. The third-order valence-corrected chi connectivity index (χ3v) is 5.80. The number of anilines is 2. The van der Waals surface area contributed by atoms with Crippen molar-refractivity contribution in [1.82, 2.24) is 0 Å². The molecule has 0 unspecified atom stereocenters. The Morgan fingerprint density at radius 2 is 1.61 bits per heavy atom. The van der Waals surface area contributed by atoms with Crippen LogP contribution in [-0.2, 0) is 4.79 Å². The Hall–Kier alpha value is -3.47. The Bertz CT molecular complexity index is 1100. The molecule has 2 atom stereocenters. The van der Waals surface area contributed by atoms with Crippen LogP contribution >= 0.6 is 0 Å². The van der Waals surface area contributed by atoms with Crippen LogP contribution in [0.25, 0.3) is 0 Å². The van der Waals surface area contributed by atoms with E-state index in [0.29, 0.717) is 18.5 Å². The molecule has 0 fully saturated rings. The van der Waals surface area contributed by atoms with Gasteiger partial charge in [-0.1, -0.05) is 55.5 Å². The van der Waals surface area contributed by atoms with E-state index in [9.17, 15) is 14.0 Å². The van der Waals surface area contributed by atoms with E-state index in [4.69, 9.17) is 0 Å². The van der Waals surface area contributed by atoms with Gasteiger partial charge in [0.05, 0.1) is 11.6 Å². The third-order valence-electron chi connectivity index (χ3n) is 5.80. The Labute approximate surface area is 181 Å². The van der Waals surface area contributed by atoms with Gasteiger partial charge in [0.25, 0.3) is 5.91 Å². The predicted octanol–water partition coefficient (Wildman–Crippen LogP) is 5.75. The normalized spacial score (nSPS) is 17.7. The molecule has 2 amide bonds. The molecule has 0 bridgehead atoms. The molecule has 0 spiro atoms. The number of benzene rings is 3. The maximum atomic E-state index is 14.6. The van der Waals surface area contributed by atoms with Crippen LogP contribution in [0.2, 0.25) is 0 Å². The molecule has 0 aliphatic carbocycles. The quantitative estimate of drug-likeness (QED) is 0.543. The van der Waals surface area contributed by atoms with Gasteiger partial charge >= 0.3 is 0 Å². The number of halogens is 1. The number of amides is 2. The number of nitrogens with zero attached hydrogens (tertiary/aromatic N) is 2. The van der Waals surface area contributed by atoms with E-state index in [1.165, 1.54) is 12.1 Å². The van der Waals surface area contributed by atoms with Crippen LogP contribution in [0, 0.1) is 5.82 Å². The zero-order valence-corrected chi connectivity index (χ0v) is 17.7. The molecule has 0 radical (unpaired) electrons. The Kier molecular flexibility index (Phi) is 5.85. The molecule has 1 aliphatic rings. The summed E-state index contributed by atoms with van der Waals surface area (Å²) in [6.45, 7) is 3.84. The highest BCUT2D eigenvalue weighted by Gasteiger charge is 2.38. The lowest BCUT2D eigenvalue weighted by Crippen LogP contribution is -2.47. The monoisotopic (exact) mass is 416 g/mol. The molecule has 3 aromatic rings. The average Bonchev–Trinajstić information content (AvgIpc) is 2.80. The molecule has 5 heteroatoms. The maximum Gasteiger partial charge on any atom is 0.261 e. The summed E-state index contributed by atoms with van der Waals surface area (Å²) in [5, 5.41) is 0. The Morgan fingerprint density at radius 3 is 2.32 bits per heavy atom.